The van der Waals surface area contributed by atoms with Crippen molar-refractivity contribution in [1.29, 1.82) is 0 Å². The summed E-state index contributed by atoms with van der Waals surface area (Å²) in [6, 6.07) is 13.2. The lowest BCUT2D eigenvalue weighted by Gasteiger charge is -2.20. The smallest absolute Gasteiger partial charge is 0.262 e. The van der Waals surface area contributed by atoms with E-state index in [2.05, 4.69) is 16.5 Å². The van der Waals surface area contributed by atoms with Gasteiger partial charge in [-0.3, -0.25) is 4.79 Å². The van der Waals surface area contributed by atoms with Gasteiger partial charge in [0.15, 0.2) is 0 Å². The predicted octanol–water partition coefficient (Wildman–Crippen LogP) is 4.28. The number of carbonyl (C=O) groups excluding carboxylic acids is 1. The normalized spacial score (nSPS) is 16.4. The Kier molecular flexibility index (Phi) is 4.54. The summed E-state index contributed by atoms with van der Waals surface area (Å²) in [6.07, 6.45) is 3.76. The first-order valence-electron chi connectivity index (χ1n) is 8.89. The van der Waals surface area contributed by atoms with Crippen LogP contribution in [0.2, 0.25) is 0 Å². The van der Waals surface area contributed by atoms with Crippen LogP contribution in [0.5, 0.6) is 0 Å². The number of aryl methyl sites for hydroxylation is 2. The van der Waals surface area contributed by atoms with Crippen molar-refractivity contribution in [2.45, 2.75) is 26.3 Å². The number of rotatable bonds is 5. The summed E-state index contributed by atoms with van der Waals surface area (Å²) in [5.74, 6) is 1.25. The van der Waals surface area contributed by atoms with E-state index in [0.717, 1.165) is 22.5 Å². The molecule has 0 bridgehead atoms. The molecule has 0 saturated carbocycles. The molecule has 1 atom stereocenters. The summed E-state index contributed by atoms with van der Waals surface area (Å²) in [6.45, 7) is 4.22. The Morgan fingerprint density at radius 1 is 1.15 bits per heavy atom. The van der Waals surface area contributed by atoms with Crippen LogP contribution >= 0.6 is 0 Å². The molecule has 1 N–H and O–H groups in total. The van der Waals surface area contributed by atoms with E-state index >= 15 is 0 Å². The Hall–Kier alpha value is -3.28. The van der Waals surface area contributed by atoms with Gasteiger partial charge < -0.3 is 14.2 Å². The van der Waals surface area contributed by atoms with Gasteiger partial charge in [-0.25, -0.2) is 5.01 Å². The Morgan fingerprint density at radius 3 is 2.56 bits per heavy atom. The maximum atomic E-state index is 12.9. The fourth-order valence-electron chi connectivity index (χ4n) is 3.37. The second-order valence-corrected chi connectivity index (χ2v) is 6.73. The molecule has 1 aliphatic rings. The maximum absolute atomic E-state index is 12.9. The van der Waals surface area contributed by atoms with Crippen molar-refractivity contribution in [1.82, 2.24) is 5.01 Å². The first kappa shape index (κ1) is 17.1. The minimum absolute atomic E-state index is 0.128. The average Bonchev–Trinajstić information content (AvgIpc) is 3.39. The zero-order valence-electron chi connectivity index (χ0n) is 15.3. The molecule has 2 aromatic heterocycles. The summed E-state index contributed by atoms with van der Waals surface area (Å²) < 4.78 is 11.0. The van der Waals surface area contributed by atoms with E-state index in [0.29, 0.717) is 17.9 Å². The monoisotopic (exact) mass is 363 g/mol. The lowest BCUT2D eigenvalue weighted by Crippen LogP contribution is -2.32. The summed E-state index contributed by atoms with van der Waals surface area (Å²) in [5, 5.41) is 9.22. The van der Waals surface area contributed by atoms with Gasteiger partial charge in [-0.15, -0.1) is 0 Å². The van der Waals surface area contributed by atoms with E-state index in [9.17, 15) is 4.79 Å². The highest BCUT2D eigenvalue weighted by Crippen LogP contribution is 2.33. The van der Waals surface area contributed by atoms with E-state index < -0.39 is 0 Å². The van der Waals surface area contributed by atoms with Gasteiger partial charge in [0.2, 0.25) is 0 Å². The largest absolute Gasteiger partial charge is 0.467 e. The van der Waals surface area contributed by atoms with Gasteiger partial charge in [-0.1, -0.05) is 6.07 Å². The number of furan rings is 2. The van der Waals surface area contributed by atoms with Gasteiger partial charge in [-0.2, -0.15) is 5.10 Å². The van der Waals surface area contributed by atoms with E-state index in [4.69, 9.17) is 8.83 Å². The first-order valence-corrected chi connectivity index (χ1v) is 8.89. The Labute approximate surface area is 157 Å². The molecule has 0 saturated heterocycles. The first-order chi connectivity index (χ1) is 13.1. The predicted molar refractivity (Wildman–Crippen MR) is 103 cm³/mol. The Morgan fingerprint density at radius 2 is 1.89 bits per heavy atom. The van der Waals surface area contributed by atoms with Crippen LogP contribution < -0.4 is 5.32 Å². The molecule has 3 aromatic rings. The van der Waals surface area contributed by atoms with Crippen molar-refractivity contribution >= 4 is 17.3 Å². The Bertz CT molecular complexity index is 938. The fraction of sp³-hybridized carbons (Fsp3) is 0.238. The molecule has 138 valence electrons. The quantitative estimate of drug-likeness (QED) is 0.734. The van der Waals surface area contributed by atoms with Crippen molar-refractivity contribution in [3.63, 3.8) is 0 Å². The molecule has 27 heavy (non-hydrogen) atoms. The summed E-state index contributed by atoms with van der Waals surface area (Å²) in [4.78, 5) is 12.9. The molecule has 6 nitrogen and oxygen atoms in total. The number of hydrazone groups is 1. The molecule has 0 radical (unpaired) electrons. The standard InChI is InChI=1S/C21H21N3O3/c1-14-9-15(2)11-16(10-14)22-13-21(25)24-18(20-6-4-8-27-20)12-17(23-24)19-5-3-7-26-19/h3-11,18,22H,12-13H2,1-2H3. The highest BCUT2D eigenvalue weighted by Gasteiger charge is 2.35. The van der Waals surface area contributed by atoms with Crippen LogP contribution in [0.4, 0.5) is 5.69 Å². The number of carbonyl (C=O) groups is 1. The number of benzene rings is 1. The molecule has 1 aromatic carbocycles. The fourth-order valence-corrected chi connectivity index (χ4v) is 3.37. The minimum Gasteiger partial charge on any atom is -0.467 e. The number of anilines is 1. The highest BCUT2D eigenvalue weighted by atomic mass is 16.3. The molecule has 0 spiro atoms. The van der Waals surface area contributed by atoms with Crippen LogP contribution in [0.15, 0.2) is 68.9 Å². The number of amides is 1. The van der Waals surface area contributed by atoms with Gasteiger partial charge in [0.25, 0.3) is 5.91 Å². The van der Waals surface area contributed by atoms with E-state index in [1.54, 1.807) is 12.5 Å². The van der Waals surface area contributed by atoms with Crippen LogP contribution in [0.1, 0.15) is 35.1 Å². The zero-order valence-corrected chi connectivity index (χ0v) is 15.3. The van der Waals surface area contributed by atoms with Crippen molar-refractivity contribution in [3.8, 4) is 0 Å². The second kappa shape index (κ2) is 7.15. The maximum Gasteiger partial charge on any atom is 0.262 e. The molecule has 1 amide bonds. The number of nitrogens with zero attached hydrogens (tertiary/aromatic N) is 2. The summed E-state index contributed by atoms with van der Waals surface area (Å²) in [5.41, 5.74) is 3.96. The third kappa shape index (κ3) is 3.65. The average molecular weight is 363 g/mol. The van der Waals surface area contributed by atoms with E-state index in [1.165, 1.54) is 5.01 Å². The van der Waals surface area contributed by atoms with Crippen LogP contribution in [-0.4, -0.2) is 23.2 Å². The van der Waals surface area contributed by atoms with Gasteiger partial charge in [0.1, 0.15) is 23.3 Å². The van der Waals surface area contributed by atoms with Crippen molar-refractivity contribution in [2.75, 3.05) is 11.9 Å². The second-order valence-electron chi connectivity index (χ2n) is 6.73. The van der Waals surface area contributed by atoms with Crippen molar-refractivity contribution < 1.29 is 13.6 Å². The molecule has 0 aliphatic carbocycles. The SMILES string of the molecule is Cc1cc(C)cc(NCC(=O)N2N=C(c3ccco3)CC2c2ccco2)c1. The molecule has 1 unspecified atom stereocenters. The van der Waals surface area contributed by atoms with Crippen LogP contribution in [0, 0.1) is 13.8 Å². The topological polar surface area (TPSA) is 71.0 Å². The number of hydrogen-bond acceptors (Lipinski definition) is 5. The molecule has 0 fully saturated rings. The van der Waals surface area contributed by atoms with E-state index in [1.807, 2.05) is 50.2 Å². The van der Waals surface area contributed by atoms with Crippen molar-refractivity contribution in [3.05, 3.63) is 77.6 Å². The molecule has 1 aliphatic heterocycles. The molecular formula is C21H21N3O3. The molecule has 3 heterocycles. The summed E-state index contributed by atoms with van der Waals surface area (Å²) in [7, 11) is 0. The third-order valence-electron chi connectivity index (χ3n) is 4.51. The Balaban J connectivity index is 1.53. The number of hydrogen-bond donors (Lipinski definition) is 1. The molecule has 6 heteroatoms. The number of nitrogens with one attached hydrogen (secondary N) is 1. The van der Waals surface area contributed by atoms with Crippen LogP contribution in [-0.2, 0) is 4.79 Å². The van der Waals surface area contributed by atoms with Crippen LogP contribution in [0.25, 0.3) is 0 Å². The van der Waals surface area contributed by atoms with Crippen molar-refractivity contribution in [2.24, 2.45) is 5.10 Å². The molecular weight excluding hydrogens is 342 g/mol. The molecule has 4 rings (SSSR count). The van der Waals surface area contributed by atoms with Gasteiger partial charge in [0, 0.05) is 12.1 Å². The zero-order chi connectivity index (χ0) is 18.8. The lowest BCUT2D eigenvalue weighted by molar-refractivity contribution is -0.131. The van der Waals surface area contributed by atoms with Gasteiger partial charge in [0.05, 0.1) is 19.1 Å². The third-order valence-corrected chi connectivity index (χ3v) is 4.51. The van der Waals surface area contributed by atoms with Gasteiger partial charge in [-0.05, 0) is 61.4 Å². The minimum atomic E-state index is -0.270. The van der Waals surface area contributed by atoms with Crippen LogP contribution in [0.3, 0.4) is 0 Å². The van der Waals surface area contributed by atoms with Gasteiger partial charge >= 0.3 is 0 Å². The highest BCUT2D eigenvalue weighted by molar-refractivity contribution is 6.01. The summed E-state index contributed by atoms with van der Waals surface area (Å²) >= 11 is 0. The lowest BCUT2D eigenvalue weighted by atomic mass is 10.1. The van der Waals surface area contributed by atoms with E-state index in [-0.39, 0.29) is 18.5 Å².